The minimum absolute atomic E-state index is 0.0986. The highest BCUT2D eigenvalue weighted by molar-refractivity contribution is 8.18. The Bertz CT molecular complexity index is 1280. The van der Waals surface area contributed by atoms with Gasteiger partial charge in [-0.1, -0.05) is 29.3 Å². The first-order valence-electron chi connectivity index (χ1n) is 8.90. The molecule has 1 aromatic heterocycles. The molecule has 4 rings (SSSR count). The van der Waals surface area contributed by atoms with Crippen LogP contribution in [0, 0.1) is 17.0 Å². The van der Waals surface area contributed by atoms with Crippen LogP contribution in [-0.2, 0) is 4.79 Å². The summed E-state index contributed by atoms with van der Waals surface area (Å²) in [7, 11) is 0. The molecule has 2 aromatic carbocycles. The normalized spacial score (nSPS) is 16.2. The summed E-state index contributed by atoms with van der Waals surface area (Å²) in [5.41, 5.74) is 1.85. The van der Waals surface area contributed by atoms with E-state index in [4.69, 9.17) is 27.6 Å². The van der Waals surface area contributed by atoms with Crippen molar-refractivity contribution in [1.82, 2.24) is 5.32 Å². The maximum atomic E-state index is 12.3. The predicted molar refractivity (Wildman–Crippen MR) is 123 cm³/mol. The van der Waals surface area contributed by atoms with Crippen molar-refractivity contribution in [3.05, 3.63) is 84.9 Å². The number of aryl methyl sites for hydroxylation is 1. The number of rotatable bonds is 4. The van der Waals surface area contributed by atoms with Crippen molar-refractivity contribution in [2.24, 2.45) is 4.99 Å². The van der Waals surface area contributed by atoms with E-state index in [0.717, 1.165) is 5.56 Å². The number of thioether (sulfide) groups is 1. The summed E-state index contributed by atoms with van der Waals surface area (Å²) in [6.07, 6.45) is 1.57. The van der Waals surface area contributed by atoms with E-state index < -0.39 is 4.92 Å². The Morgan fingerprint density at radius 2 is 1.94 bits per heavy atom. The second-order valence-electron chi connectivity index (χ2n) is 6.54. The summed E-state index contributed by atoms with van der Waals surface area (Å²) < 4.78 is 5.74. The Morgan fingerprint density at radius 3 is 2.68 bits per heavy atom. The highest BCUT2D eigenvalue weighted by atomic mass is 35.5. The average molecular weight is 474 g/mol. The fourth-order valence-electron chi connectivity index (χ4n) is 2.77. The van der Waals surface area contributed by atoms with Crippen LogP contribution in [0.25, 0.3) is 17.4 Å². The predicted octanol–water partition coefficient (Wildman–Crippen LogP) is 6.36. The lowest BCUT2D eigenvalue weighted by Crippen LogP contribution is -2.19. The molecule has 0 bridgehead atoms. The molecular formula is C21H13Cl2N3O4S. The number of non-ortho nitro benzene ring substituents is 1. The van der Waals surface area contributed by atoms with E-state index in [0.29, 0.717) is 42.9 Å². The summed E-state index contributed by atoms with van der Waals surface area (Å²) in [4.78, 5) is 27.6. The van der Waals surface area contributed by atoms with Crippen LogP contribution in [0.3, 0.4) is 0 Å². The number of nitrogens with zero attached hydrogens (tertiary/aromatic N) is 2. The third kappa shape index (κ3) is 4.66. The molecule has 0 saturated carbocycles. The quantitative estimate of drug-likeness (QED) is 0.270. The number of nitro benzene ring substituents is 1. The number of amides is 1. The van der Waals surface area contributed by atoms with Gasteiger partial charge in [-0.3, -0.25) is 14.9 Å². The Kier molecular flexibility index (Phi) is 5.86. The molecule has 1 saturated heterocycles. The molecule has 7 nitrogen and oxygen atoms in total. The lowest BCUT2D eigenvalue weighted by Gasteiger charge is -2.00. The molecule has 0 unspecified atom stereocenters. The largest absolute Gasteiger partial charge is 0.457 e. The Morgan fingerprint density at radius 1 is 1.13 bits per heavy atom. The molecule has 31 heavy (non-hydrogen) atoms. The minimum atomic E-state index is -0.507. The molecule has 1 aliphatic rings. The first-order valence-corrected chi connectivity index (χ1v) is 10.5. The average Bonchev–Trinajstić information content (AvgIpc) is 3.32. The van der Waals surface area contributed by atoms with Gasteiger partial charge in [0.15, 0.2) is 5.17 Å². The summed E-state index contributed by atoms with van der Waals surface area (Å²) in [6, 6.07) is 12.8. The fraction of sp³-hybridized carbons (Fsp3) is 0.0476. The molecule has 1 fully saturated rings. The summed E-state index contributed by atoms with van der Waals surface area (Å²) in [6.45, 7) is 1.89. The summed E-state index contributed by atoms with van der Waals surface area (Å²) in [5.74, 6) is 0.440. The Labute approximate surface area is 190 Å². The maximum Gasteiger partial charge on any atom is 0.270 e. The highest BCUT2D eigenvalue weighted by Gasteiger charge is 2.24. The van der Waals surface area contributed by atoms with Gasteiger partial charge in [-0.25, -0.2) is 4.99 Å². The molecule has 2 heterocycles. The number of halogens is 2. The third-order valence-electron chi connectivity index (χ3n) is 4.36. The molecule has 1 N–H and O–H groups in total. The van der Waals surface area contributed by atoms with Crippen LogP contribution >= 0.6 is 35.0 Å². The van der Waals surface area contributed by atoms with Crippen LogP contribution in [0.5, 0.6) is 0 Å². The standard InChI is InChI=1S/C21H13Cl2N3O4S/c1-11-2-3-12(8-17(11)23)24-21-25-20(27)19(31-21)10-14-5-7-18(30-14)15-9-13(26(28)29)4-6-16(15)22/h2-10H,1H3,(H,24,25,27)/b19-10-. The zero-order chi connectivity index (χ0) is 22.1. The van der Waals surface area contributed by atoms with Crippen molar-refractivity contribution in [2.75, 3.05) is 0 Å². The lowest BCUT2D eigenvalue weighted by molar-refractivity contribution is -0.384. The Balaban J connectivity index is 1.58. The molecule has 0 atom stereocenters. The van der Waals surface area contributed by atoms with Crippen LogP contribution in [0.2, 0.25) is 10.0 Å². The van der Waals surface area contributed by atoms with E-state index >= 15 is 0 Å². The number of nitrogens with one attached hydrogen (secondary N) is 1. The van der Waals surface area contributed by atoms with Crippen molar-refractivity contribution < 1.29 is 14.1 Å². The van der Waals surface area contributed by atoms with Gasteiger partial charge in [0, 0.05) is 28.8 Å². The van der Waals surface area contributed by atoms with Gasteiger partial charge in [-0.15, -0.1) is 0 Å². The van der Waals surface area contributed by atoms with Crippen LogP contribution in [0.1, 0.15) is 11.3 Å². The van der Waals surface area contributed by atoms with Crippen molar-refractivity contribution >= 4 is 63.5 Å². The van der Waals surface area contributed by atoms with Crippen LogP contribution < -0.4 is 5.32 Å². The van der Waals surface area contributed by atoms with E-state index in [1.165, 1.54) is 30.0 Å². The van der Waals surface area contributed by atoms with Crippen molar-refractivity contribution in [3.8, 4) is 11.3 Å². The molecule has 1 amide bonds. The fourth-order valence-corrected chi connectivity index (χ4v) is 3.98. The number of furan rings is 1. The molecule has 3 aromatic rings. The van der Waals surface area contributed by atoms with Gasteiger partial charge >= 0.3 is 0 Å². The molecule has 1 aliphatic heterocycles. The smallest absolute Gasteiger partial charge is 0.270 e. The molecular weight excluding hydrogens is 461 g/mol. The van der Waals surface area contributed by atoms with Crippen LogP contribution in [-0.4, -0.2) is 16.0 Å². The molecule has 156 valence electrons. The monoisotopic (exact) mass is 473 g/mol. The van der Waals surface area contributed by atoms with Gasteiger partial charge in [0.1, 0.15) is 11.5 Å². The second-order valence-corrected chi connectivity index (χ2v) is 8.38. The Hall–Kier alpha value is -3.07. The SMILES string of the molecule is Cc1ccc(N=C2NC(=O)/C(=C/c3ccc(-c4cc([N+](=O)[O-])ccc4Cl)o3)S2)cc1Cl. The van der Waals surface area contributed by atoms with Gasteiger partial charge in [0.2, 0.25) is 0 Å². The first kappa shape index (κ1) is 21.2. The van der Waals surface area contributed by atoms with Gasteiger partial charge in [0.25, 0.3) is 11.6 Å². The molecule has 0 aliphatic carbocycles. The first-order chi connectivity index (χ1) is 14.8. The number of carbonyl (C=O) groups is 1. The maximum absolute atomic E-state index is 12.3. The number of hydrogen-bond donors (Lipinski definition) is 1. The lowest BCUT2D eigenvalue weighted by atomic mass is 10.1. The second kappa shape index (κ2) is 8.58. The van der Waals surface area contributed by atoms with E-state index in [2.05, 4.69) is 10.3 Å². The van der Waals surface area contributed by atoms with Gasteiger partial charge < -0.3 is 9.73 Å². The van der Waals surface area contributed by atoms with Crippen molar-refractivity contribution in [2.45, 2.75) is 6.92 Å². The number of nitro groups is 1. The number of aliphatic imine (C=N–C) groups is 1. The van der Waals surface area contributed by atoms with Crippen molar-refractivity contribution in [3.63, 3.8) is 0 Å². The molecule has 10 heteroatoms. The molecule has 0 spiro atoms. The molecule has 0 radical (unpaired) electrons. The van der Waals surface area contributed by atoms with E-state index in [-0.39, 0.29) is 11.6 Å². The number of benzene rings is 2. The number of amidine groups is 1. The number of hydrogen-bond acceptors (Lipinski definition) is 6. The number of carbonyl (C=O) groups excluding carboxylic acids is 1. The van der Waals surface area contributed by atoms with E-state index in [1.807, 2.05) is 19.1 Å². The van der Waals surface area contributed by atoms with E-state index in [9.17, 15) is 14.9 Å². The van der Waals surface area contributed by atoms with Gasteiger partial charge in [0.05, 0.1) is 20.5 Å². The zero-order valence-electron chi connectivity index (χ0n) is 15.9. The minimum Gasteiger partial charge on any atom is -0.457 e. The third-order valence-corrected chi connectivity index (χ3v) is 6.01. The zero-order valence-corrected chi connectivity index (χ0v) is 18.2. The van der Waals surface area contributed by atoms with Gasteiger partial charge in [-0.05, 0) is 54.6 Å². The van der Waals surface area contributed by atoms with Crippen LogP contribution in [0.15, 0.2) is 62.8 Å². The van der Waals surface area contributed by atoms with Gasteiger partial charge in [-0.2, -0.15) is 0 Å². The summed E-state index contributed by atoms with van der Waals surface area (Å²) >= 11 is 13.4. The van der Waals surface area contributed by atoms with E-state index in [1.54, 1.807) is 24.3 Å². The summed E-state index contributed by atoms with van der Waals surface area (Å²) in [5, 5.41) is 15.1. The highest BCUT2D eigenvalue weighted by Crippen LogP contribution is 2.34. The topological polar surface area (TPSA) is 97.7 Å². The van der Waals surface area contributed by atoms with Crippen molar-refractivity contribution in [1.29, 1.82) is 0 Å². The van der Waals surface area contributed by atoms with Crippen LogP contribution in [0.4, 0.5) is 11.4 Å².